The number of rotatable bonds is 4. The summed E-state index contributed by atoms with van der Waals surface area (Å²) in [6.45, 7) is 0. The molecule has 0 aliphatic rings. The molecular formula is C15H15N3S2. The van der Waals surface area contributed by atoms with Crippen molar-refractivity contribution in [3.8, 4) is 11.1 Å². The summed E-state index contributed by atoms with van der Waals surface area (Å²) in [5, 5.41) is 4.08. The number of hydrogen-bond donors (Lipinski definition) is 2. The van der Waals surface area contributed by atoms with Crippen molar-refractivity contribution >= 4 is 35.3 Å². The molecule has 3 nitrogen and oxygen atoms in total. The average molecular weight is 301 g/mol. The molecule has 0 atom stereocenters. The minimum atomic E-state index is 0.159. The second kappa shape index (κ2) is 7.07. The third kappa shape index (κ3) is 4.08. The Morgan fingerprint density at radius 2 is 1.65 bits per heavy atom. The molecule has 102 valence electrons. The lowest BCUT2D eigenvalue weighted by molar-refractivity contribution is 1.04. The lowest BCUT2D eigenvalue weighted by atomic mass is 10.0. The van der Waals surface area contributed by atoms with Crippen LogP contribution in [0.3, 0.4) is 0 Å². The number of benzene rings is 2. The predicted octanol–water partition coefficient (Wildman–Crippen LogP) is 3.24. The number of thiocarbonyl (C=S) groups is 1. The van der Waals surface area contributed by atoms with Gasteiger partial charge in [0.1, 0.15) is 0 Å². The minimum absolute atomic E-state index is 0.159. The summed E-state index contributed by atoms with van der Waals surface area (Å²) in [5.41, 5.74) is 11.2. The van der Waals surface area contributed by atoms with Gasteiger partial charge in [0.05, 0.1) is 6.21 Å². The van der Waals surface area contributed by atoms with Crippen LogP contribution in [0.2, 0.25) is 0 Å². The van der Waals surface area contributed by atoms with Gasteiger partial charge in [0.15, 0.2) is 5.11 Å². The molecule has 0 unspecified atom stereocenters. The van der Waals surface area contributed by atoms with Gasteiger partial charge in [-0.1, -0.05) is 36.4 Å². The summed E-state index contributed by atoms with van der Waals surface area (Å²) >= 11 is 6.41. The topological polar surface area (TPSA) is 50.4 Å². The van der Waals surface area contributed by atoms with Crippen LogP contribution >= 0.6 is 24.0 Å². The highest BCUT2D eigenvalue weighted by molar-refractivity contribution is 7.98. The van der Waals surface area contributed by atoms with Gasteiger partial charge in [0.25, 0.3) is 0 Å². The first-order valence-corrected chi connectivity index (χ1v) is 7.65. The molecule has 0 spiro atoms. The molecule has 5 heteroatoms. The Labute approximate surface area is 128 Å². The number of nitrogens with two attached hydrogens (primary N) is 1. The largest absolute Gasteiger partial charge is 0.375 e. The third-order valence-electron chi connectivity index (χ3n) is 2.72. The van der Waals surface area contributed by atoms with Crippen LogP contribution in [0.25, 0.3) is 11.1 Å². The van der Waals surface area contributed by atoms with Gasteiger partial charge in [-0.25, -0.2) is 0 Å². The number of thioether (sulfide) groups is 1. The SMILES string of the molecule is CSc1ccc(-c2ccc(C=NNC(N)=S)cc2)cc1. The fourth-order valence-electron chi connectivity index (χ4n) is 1.72. The highest BCUT2D eigenvalue weighted by atomic mass is 32.2. The Hall–Kier alpha value is -1.85. The highest BCUT2D eigenvalue weighted by Gasteiger charge is 1.98. The Bertz CT molecular complexity index is 604. The van der Waals surface area contributed by atoms with Gasteiger partial charge in [-0.2, -0.15) is 5.10 Å². The van der Waals surface area contributed by atoms with Crippen molar-refractivity contribution < 1.29 is 0 Å². The molecule has 20 heavy (non-hydrogen) atoms. The maximum atomic E-state index is 5.29. The summed E-state index contributed by atoms with van der Waals surface area (Å²) in [6.07, 6.45) is 3.75. The molecule has 0 fully saturated rings. The quantitative estimate of drug-likeness (QED) is 0.394. The van der Waals surface area contributed by atoms with Crippen LogP contribution in [0.5, 0.6) is 0 Å². The van der Waals surface area contributed by atoms with E-state index in [9.17, 15) is 0 Å². The molecule has 0 radical (unpaired) electrons. The van der Waals surface area contributed by atoms with E-state index in [1.54, 1.807) is 18.0 Å². The van der Waals surface area contributed by atoms with Crippen LogP contribution in [0.15, 0.2) is 58.5 Å². The zero-order valence-electron chi connectivity index (χ0n) is 11.0. The van der Waals surface area contributed by atoms with Crippen molar-refractivity contribution in [2.45, 2.75) is 4.90 Å². The standard InChI is InChI=1S/C15H15N3S2/c1-20-14-8-6-13(7-9-14)12-4-2-11(3-5-12)10-17-18-15(16)19/h2-10H,1H3,(H3,16,18,19). The van der Waals surface area contributed by atoms with E-state index < -0.39 is 0 Å². The van der Waals surface area contributed by atoms with Crippen LogP contribution < -0.4 is 11.2 Å². The van der Waals surface area contributed by atoms with E-state index in [1.165, 1.54) is 16.0 Å². The number of hydrazone groups is 1. The second-order valence-corrected chi connectivity index (χ2v) is 5.40. The zero-order chi connectivity index (χ0) is 14.4. The van der Waals surface area contributed by atoms with E-state index >= 15 is 0 Å². The van der Waals surface area contributed by atoms with Gasteiger partial charge in [0.2, 0.25) is 0 Å². The first-order valence-electron chi connectivity index (χ1n) is 6.02. The fourth-order valence-corrected chi connectivity index (χ4v) is 2.18. The molecule has 0 saturated carbocycles. The number of nitrogens with one attached hydrogen (secondary N) is 1. The molecule has 2 rings (SSSR count). The third-order valence-corrected chi connectivity index (χ3v) is 3.56. The first-order chi connectivity index (χ1) is 9.69. The summed E-state index contributed by atoms with van der Waals surface area (Å²) in [5.74, 6) is 0. The molecule has 3 N–H and O–H groups in total. The summed E-state index contributed by atoms with van der Waals surface area (Å²) in [4.78, 5) is 1.27. The van der Waals surface area contributed by atoms with Crippen molar-refractivity contribution in [2.24, 2.45) is 10.8 Å². The lowest BCUT2D eigenvalue weighted by Crippen LogP contribution is -2.23. The molecule has 0 amide bonds. The Balaban J connectivity index is 2.10. The van der Waals surface area contributed by atoms with E-state index in [4.69, 9.17) is 5.73 Å². The van der Waals surface area contributed by atoms with Crippen LogP contribution in [-0.2, 0) is 0 Å². The summed E-state index contributed by atoms with van der Waals surface area (Å²) < 4.78 is 0. The molecule has 0 aromatic heterocycles. The average Bonchev–Trinajstić information content (AvgIpc) is 2.48. The van der Waals surface area contributed by atoms with Gasteiger partial charge >= 0.3 is 0 Å². The molecule has 0 heterocycles. The van der Waals surface area contributed by atoms with E-state index in [-0.39, 0.29) is 5.11 Å². The fraction of sp³-hybridized carbons (Fsp3) is 0.0667. The van der Waals surface area contributed by atoms with E-state index in [0.29, 0.717) is 0 Å². The Morgan fingerprint density at radius 1 is 1.10 bits per heavy atom. The van der Waals surface area contributed by atoms with Crippen molar-refractivity contribution in [1.29, 1.82) is 0 Å². The van der Waals surface area contributed by atoms with Crippen molar-refractivity contribution in [3.63, 3.8) is 0 Å². The highest BCUT2D eigenvalue weighted by Crippen LogP contribution is 2.23. The zero-order valence-corrected chi connectivity index (χ0v) is 12.7. The van der Waals surface area contributed by atoms with Crippen LogP contribution in [0, 0.1) is 0 Å². The number of nitrogens with zero attached hydrogens (tertiary/aromatic N) is 1. The molecule has 0 aliphatic heterocycles. The molecule has 0 saturated heterocycles. The van der Waals surface area contributed by atoms with Crippen molar-refractivity contribution in [1.82, 2.24) is 5.43 Å². The Kier molecular flexibility index (Phi) is 5.15. The Morgan fingerprint density at radius 3 is 2.15 bits per heavy atom. The van der Waals surface area contributed by atoms with E-state index in [2.05, 4.69) is 65.4 Å². The van der Waals surface area contributed by atoms with E-state index in [1.807, 2.05) is 12.1 Å². The molecule has 0 bridgehead atoms. The molecular weight excluding hydrogens is 286 g/mol. The first kappa shape index (κ1) is 14.6. The monoisotopic (exact) mass is 301 g/mol. The summed E-state index contributed by atoms with van der Waals surface area (Å²) in [6, 6.07) is 16.6. The minimum Gasteiger partial charge on any atom is -0.375 e. The maximum Gasteiger partial charge on any atom is 0.184 e. The van der Waals surface area contributed by atoms with Crippen LogP contribution in [-0.4, -0.2) is 17.6 Å². The van der Waals surface area contributed by atoms with Crippen LogP contribution in [0.4, 0.5) is 0 Å². The predicted molar refractivity (Wildman–Crippen MR) is 91.2 cm³/mol. The van der Waals surface area contributed by atoms with Gasteiger partial charge in [-0.3, -0.25) is 5.43 Å². The van der Waals surface area contributed by atoms with Crippen molar-refractivity contribution in [3.05, 3.63) is 54.1 Å². The summed E-state index contributed by atoms with van der Waals surface area (Å²) in [7, 11) is 0. The van der Waals surface area contributed by atoms with Gasteiger partial charge < -0.3 is 5.73 Å². The van der Waals surface area contributed by atoms with Crippen molar-refractivity contribution in [2.75, 3.05) is 6.26 Å². The molecule has 2 aromatic rings. The van der Waals surface area contributed by atoms with Crippen LogP contribution in [0.1, 0.15) is 5.56 Å². The second-order valence-electron chi connectivity index (χ2n) is 4.08. The molecule has 2 aromatic carbocycles. The normalized spacial score (nSPS) is 10.7. The van der Waals surface area contributed by atoms with Gasteiger partial charge in [-0.05, 0) is 47.3 Å². The van der Waals surface area contributed by atoms with Gasteiger partial charge in [0, 0.05) is 4.90 Å². The lowest BCUT2D eigenvalue weighted by Gasteiger charge is -2.03. The van der Waals surface area contributed by atoms with E-state index in [0.717, 1.165) is 5.56 Å². The maximum absolute atomic E-state index is 5.29. The smallest absolute Gasteiger partial charge is 0.184 e. The number of hydrogen-bond acceptors (Lipinski definition) is 3. The van der Waals surface area contributed by atoms with Gasteiger partial charge in [-0.15, -0.1) is 11.8 Å². The molecule has 0 aliphatic carbocycles.